The Kier molecular flexibility index (Phi) is 7.31. The first-order valence-corrected chi connectivity index (χ1v) is 9.46. The molecule has 1 atom stereocenters. The number of nitrogens with zero attached hydrogens (tertiary/aromatic N) is 4. The fourth-order valence-electron chi connectivity index (χ4n) is 3.31. The molecular weight excluding hydrogens is 376 g/mol. The quantitative estimate of drug-likeness (QED) is 0.402. The first-order valence-electron chi connectivity index (χ1n) is 9.05. The molecule has 1 unspecified atom stereocenters. The third kappa shape index (κ3) is 4.58. The minimum Gasteiger partial charge on any atom is -0.383 e. The van der Waals surface area contributed by atoms with E-state index in [0.29, 0.717) is 23.7 Å². The Morgan fingerprint density at radius 1 is 1.54 bits per heavy atom. The fraction of sp³-hybridized carbons (Fsp3) is 0.474. The lowest BCUT2D eigenvalue weighted by Gasteiger charge is -2.17. The highest BCUT2D eigenvalue weighted by molar-refractivity contribution is 7.71. The average molecular weight is 403 g/mol. The van der Waals surface area contributed by atoms with E-state index in [1.807, 2.05) is 32.9 Å². The molecule has 0 bridgehead atoms. The lowest BCUT2D eigenvalue weighted by molar-refractivity contribution is -0.117. The molecule has 2 aromatic rings. The molecule has 2 rings (SSSR count). The molecule has 0 radical (unpaired) electrons. The molecule has 0 fully saturated rings. The Morgan fingerprint density at radius 2 is 2.25 bits per heavy atom. The minimum absolute atomic E-state index is 0.0387. The summed E-state index contributed by atoms with van der Waals surface area (Å²) in [5, 5.41) is 19.0. The zero-order chi connectivity index (χ0) is 20.8. The van der Waals surface area contributed by atoms with Crippen LogP contribution < -0.4 is 5.32 Å². The summed E-state index contributed by atoms with van der Waals surface area (Å²) in [7, 11) is 1.67. The molecule has 2 N–H and O–H groups in total. The van der Waals surface area contributed by atoms with E-state index < -0.39 is 5.91 Å². The number of aromatic nitrogens is 4. The molecule has 0 aliphatic heterocycles. The van der Waals surface area contributed by atoms with Gasteiger partial charge < -0.3 is 19.2 Å². The highest BCUT2D eigenvalue weighted by Crippen LogP contribution is 2.22. The Balaban J connectivity index is 2.21. The minimum atomic E-state index is -0.450. The van der Waals surface area contributed by atoms with Crippen LogP contribution in [0.15, 0.2) is 11.6 Å². The molecular formula is C19H26N6O2S. The molecule has 8 nitrogen and oxygen atoms in total. The molecule has 0 aromatic carbocycles. The largest absolute Gasteiger partial charge is 0.383 e. The fourth-order valence-corrected chi connectivity index (χ4v) is 3.59. The van der Waals surface area contributed by atoms with Crippen LogP contribution in [0.5, 0.6) is 0 Å². The van der Waals surface area contributed by atoms with Gasteiger partial charge in [-0.3, -0.25) is 9.89 Å². The van der Waals surface area contributed by atoms with E-state index in [9.17, 15) is 10.1 Å². The van der Waals surface area contributed by atoms with Crippen LogP contribution >= 0.6 is 12.2 Å². The highest BCUT2D eigenvalue weighted by atomic mass is 32.1. The molecule has 28 heavy (non-hydrogen) atoms. The molecule has 0 saturated carbocycles. The van der Waals surface area contributed by atoms with Gasteiger partial charge in [0.2, 0.25) is 0 Å². The van der Waals surface area contributed by atoms with Gasteiger partial charge in [-0.1, -0.05) is 0 Å². The van der Waals surface area contributed by atoms with E-state index >= 15 is 0 Å². The number of aromatic amines is 1. The number of methoxy groups -OCH3 is 1. The number of nitrogens with one attached hydrogen (secondary N) is 2. The second kappa shape index (κ2) is 9.48. The van der Waals surface area contributed by atoms with Crippen molar-refractivity contribution in [3.05, 3.63) is 39.2 Å². The summed E-state index contributed by atoms with van der Waals surface area (Å²) >= 11 is 5.14. The van der Waals surface area contributed by atoms with Crippen molar-refractivity contribution in [3.8, 4) is 6.07 Å². The molecule has 2 aromatic heterocycles. The van der Waals surface area contributed by atoms with Gasteiger partial charge in [0.1, 0.15) is 11.6 Å². The zero-order valence-electron chi connectivity index (χ0n) is 16.9. The maximum absolute atomic E-state index is 12.5. The number of hydrogen-bond donors (Lipinski definition) is 2. The SMILES string of the molecule is CCn1c(CNC(=O)/C(C#N)=C/c2cc(C)n(C(C)COC)c2C)n[nH]c1=S. The van der Waals surface area contributed by atoms with E-state index in [1.54, 1.807) is 17.8 Å². The van der Waals surface area contributed by atoms with E-state index in [-0.39, 0.29) is 18.2 Å². The zero-order valence-corrected chi connectivity index (χ0v) is 17.7. The number of rotatable bonds is 8. The van der Waals surface area contributed by atoms with Crippen LogP contribution in [0, 0.1) is 29.9 Å². The van der Waals surface area contributed by atoms with Crippen LogP contribution in [-0.4, -0.2) is 39.0 Å². The first kappa shape index (κ1) is 21.6. The summed E-state index contributed by atoms with van der Waals surface area (Å²) in [6.07, 6.45) is 1.62. The molecule has 150 valence electrons. The number of aryl methyl sites for hydroxylation is 1. The van der Waals surface area contributed by atoms with E-state index in [2.05, 4.69) is 27.0 Å². The number of amides is 1. The van der Waals surface area contributed by atoms with Gasteiger partial charge in [-0.2, -0.15) is 10.4 Å². The number of nitriles is 1. The monoisotopic (exact) mass is 402 g/mol. The normalized spacial score (nSPS) is 12.6. The summed E-state index contributed by atoms with van der Waals surface area (Å²) < 4.78 is 9.67. The number of ether oxygens (including phenoxy) is 1. The van der Waals surface area contributed by atoms with Crippen LogP contribution in [0.3, 0.4) is 0 Å². The molecule has 9 heteroatoms. The van der Waals surface area contributed by atoms with Gasteiger partial charge in [0, 0.05) is 25.0 Å². The van der Waals surface area contributed by atoms with Gasteiger partial charge >= 0.3 is 0 Å². The van der Waals surface area contributed by atoms with Crippen molar-refractivity contribution in [3.63, 3.8) is 0 Å². The Hall–Kier alpha value is -2.70. The summed E-state index contributed by atoms with van der Waals surface area (Å²) in [5.74, 6) is 0.165. The van der Waals surface area contributed by atoms with Gasteiger partial charge in [-0.25, -0.2) is 0 Å². The van der Waals surface area contributed by atoms with Gasteiger partial charge in [-0.15, -0.1) is 0 Å². The molecule has 1 amide bonds. The van der Waals surface area contributed by atoms with Crippen molar-refractivity contribution >= 4 is 24.2 Å². The van der Waals surface area contributed by atoms with Crippen molar-refractivity contribution in [2.75, 3.05) is 13.7 Å². The summed E-state index contributed by atoms with van der Waals surface area (Å²) in [6.45, 7) is 9.38. The number of carbonyl (C=O) groups is 1. The predicted molar refractivity (Wildman–Crippen MR) is 109 cm³/mol. The summed E-state index contributed by atoms with van der Waals surface area (Å²) in [6, 6.07) is 4.11. The van der Waals surface area contributed by atoms with Crippen LogP contribution in [-0.2, 0) is 22.6 Å². The summed E-state index contributed by atoms with van der Waals surface area (Å²) in [5.41, 5.74) is 2.90. The third-order valence-corrected chi connectivity index (χ3v) is 4.91. The van der Waals surface area contributed by atoms with Gasteiger partial charge in [0.05, 0.1) is 19.2 Å². The van der Waals surface area contributed by atoms with Crippen LogP contribution in [0.25, 0.3) is 6.08 Å². The first-order chi connectivity index (χ1) is 13.3. The van der Waals surface area contributed by atoms with Crippen LogP contribution in [0.2, 0.25) is 0 Å². The lowest BCUT2D eigenvalue weighted by atomic mass is 10.1. The van der Waals surface area contributed by atoms with Crippen LogP contribution in [0.4, 0.5) is 0 Å². The van der Waals surface area contributed by atoms with Crippen LogP contribution in [0.1, 0.15) is 42.7 Å². The van der Waals surface area contributed by atoms with Crippen molar-refractivity contribution in [1.82, 2.24) is 24.6 Å². The Bertz CT molecular complexity index is 976. The highest BCUT2D eigenvalue weighted by Gasteiger charge is 2.16. The van der Waals surface area contributed by atoms with Gasteiger partial charge in [0.25, 0.3) is 5.91 Å². The van der Waals surface area contributed by atoms with Crippen molar-refractivity contribution in [2.24, 2.45) is 0 Å². The molecule has 0 aliphatic carbocycles. The van der Waals surface area contributed by atoms with Crippen molar-refractivity contribution in [2.45, 2.75) is 46.8 Å². The maximum Gasteiger partial charge on any atom is 0.262 e. The average Bonchev–Trinajstić information content (AvgIpc) is 3.16. The second-order valence-electron chi connectivity index (χ2n) is 6.54. The Labute approximate surface area is 169 Å². The van der Waals surface area contributed by atoms with Crippen molar-refractivity contribution < 1.29 is 9.53 Å². The molecule has 2 heterocycles. The molecule has 0 spiro atoms. The standard InChI is InChI=1S/C19H26N6O2S/c1-6-24-17(22-23-19(24)28)10-21-18(26)16(9-20)8-15-7-12(2)25(14(15)4)13(3)11-27-5/h7-8,13H,6,10-11H2,1-5H3,(H,21,26)(H,23,28)/b16-8+. The third-order valence-electron chi connectivity index (χ3n) is 4.60. The predicted octanol–water partition coefficient (Wildman–Crippen LogP) is 2.81. The topological polar surface area (TPSA) is 101 Å². The maximum atomic E-state index is 12.5. The smallest absolute Gasteiger partial charge is 0.262 e. The van der Waals surface area contributed by atoms with E-state index in [4.69, 9.17) is 17.0 Å². The van der Waals surface area contributed by atoms with Crippen molar-refractivity contribution in [1.29, 1.82) is 5.26 Å². The number of hydrogen-bond acceptors (Lipinski definition) is 5. The molecule has 0 aliphatic rings. The Morgan fingerprint density at radius 3 is 2.86 bits per heavy atom. The second-order valence-corrected chi connectivity index (χ2v) is 6.93. The van der Waals surface area contributed by atoms with E-state index in [1.165, 1.54) is 0 Å². The van der Waals surface area contributed by atoms with E-state index in [0.717, 1.165) is 17.0 Å². The van der Waals surface area contributed by atoms with Gasteiger partial charge in [-0.05, 0) is 57.6 Å². The summed E-state index contributed by atoms with van der Waals surface area (Å²) in [4.78, 5) is 12.5. The molecule has 0 saturated heterocycles. The number of H-pyrrole nitrogens is 1. The number of carbonyl (C=O) groups excluding carboxylic acids is 1. The lowest BCUT2D eigenvalue weighted by Crippen LogP contribution is -2.25. The van der Waals surface area contributed by atoms with Gasteiger partial charge in [0.15, 0.2) is 10.6 Å².